The Balaban J connectivity index is 1.78. The second-order valence-electron chi connectivity index (χ2n) is 7.08. The van der Waals surface area contributed by atoms with Crippen LogP contribution in [0.25, 0.3) is 11.0 Å². The van der Waals surface area contributed by atoms with Gasteiger partial charge in [0.25, 0.3) is 10.0 Å². The molecular formula is C20H22N4O3S. The number of piperidine rings is 1. The molecule has 7 nitrogen and oxygen atoms in total. The molecule has 0 radical (unpaired) electrons. The number of fused-ring (bicyclic) bond motifs is 1. The van der Waals surface area contributed by atoms with E-state index in [4.69, 9.17) is 0 Å². The maximum Gasteiger partial charge on any atom is 0.263 e. The summed E-state index contributed by atoms with van der Waals surface area (Å²) in [5, 5.41) is 10.3. The first kappa shape index (κ1) is 18.6. The Hall–Kier alpha value is -2.71. The minimum absolute atomic E-state index is 0.156. The van der Waals surface area contributed by atoms with E-state index >= 15 is 0 Å². The van der Waals surface area contributed by atoms with E-state index < -0.39 is 16.1 Å². The lowest BCUT2D eigenvalue weighted by molar-refractivity contribution is 0.102. The summed E-state index contributed by atoms with van der Waals surface area (Å²) in [7, 11) is -3.81. The van der Waals surface area contributed by atoms with Crippen LogP contribution in [0.1, 0.15) is 13.3 Å². The molecule has 1 aromatic heterocycles. The molecule has 1 aliphatic heterocycles. The lowest BCUT2D eigenvalue weighted by Gasteiger charge is -2.35. The van der Waals surface area contributed by atoms with Crippen LogP contribution in [0.5, 0.6) is 0 Å². The number of nitrogens with one attached hydrogen (secondary N) is 1. The number of benzene rings is 2. The Labute approximate surface area is 164 Å². The number of sulfonamides is 1. The molecule has 2 atom stereocenters. The van der Waals surface area contributed by atoms with Crippen molar-refractivity contribution < 1.29 is 13.5 Å². The number of hydrogen-bond acceptors (Lipinski definition) is 6. The van der Waals surface area contributed by atoms with Gasteiger partial charge in [-0.3, -0.25) is 4.72 Å². The van der Waals surface area contributed by atoms with Crippen molar-refractivity contribution in [3.63, 3.8) is 0 Å². The van der Waals surface area contributed by atoms with Gasteiger partial charge in [-0.1, -0.05) is 37.3 Å². The summed E-state index contributed by atoms with van der Waals surface area (Å²) in [4.78, 5) is 11.2. The lowest BCUT2D eigenvalue weighted by atomic mass is 9.96. The van der Waals surface area contributed by atoms with E-state index in [2.05, 4.69) is 14.7 Å². The first-order valence-electron chi connectivity index (χ1n) is 9.22. The van der Waals surface area contributed by atoms with Gasteiger partial charge in [-0.25, -0.2) is 18.4 Å². The van der Waals surface area contributed by atoms with Crippen LogP contribution in [0.4, 0.5) is 11.6 Å². The van der Waals surface area contributed by atoms with Crippen molar-refractivity contribution in [2.24, 2.45) is 5.92 Å². The van der Waals surface area contributed by atoms with Gasteiger partial charge in [0.1, 0.15) is 0 Å². The van der Waals surface area contributed by atoms with Gasteiger partial charge in [-0.15, -0.1) is 0 Å². The average molecular weight is 398 g/mol. The van der Waals surface area contributed by atoms with Crippen molar-refractivity contribution in [3.05, 3.63) is 54.6 Å². The molecule has 1 fully saturated rings. The first-order chi connectivity index (χ1) is 13.4. The first-order valence-corrected chi connectivity index (χ1v) is 10.7. The fourth-order valence-electron chi connectivity index (χ4n) is 3.31. The van der Waals surface area contributed by atoms with E-state index in [1.807, 2.05) is 30.0 Å². The second kappa shape index (κ2) is 7.37. The van der Waals surface area contributed by atoms with Gasteiger partial charge < -0.3 is 10.0 Å². The molecule has 8 heteroatoms. The van der Waals surface area contributed by atoms with E-state index in [-0.39, 0.29) is 16.6 Å². The zero-order valence-electron chi connectivity index (χ0n) is 15.5. The molecule has 0 spiro atoms. The van der Waals surface area contributed by atoms with Gasteiger partial charge in [-0.05, 0) is 36.6 Å². The third-order valence-electron chi connectivity index (χ3n) is 5.05. The molecule has 4 rings (SSSR count). The Kier molecular flexibility index (Phi) is 4.91. The van der Waals surface area contributed by atoms with Crippen molar-refractivity contribution in [1.29, 1.82) is 0 Å². The van der Waals surface area contributed by atoms with E-state index in [9.17, 15) is 13.5 Å². The maximum absolute atomic E-state index is 12.8. The number of aromatic nitrogens is 2. The van der Waals surface area contributed by atoms with Crippen LogP contribution in [-0.2, 0) is 10.0 Å². The molecule has 0 bridgehead atoms. The molecule has 0 aliphatic carbocycles. The Bertz CT molecular complexity index is 1090. The summed E-state index contributed by atoms with van der Waals surface area (Å²) in [6.07, 6.45) is 0.293. The molecule has 2 aromatic carbocycles. The monoisotopic (exact) mass is 398 g/mol. The largest absolute Gasteiger partial charge is 0.391 e. The number of anilines is 2. The van der Waals surface area contributed by atoms with Crippen molar-refractivity contribution in [1.82, 2.24) is 9.97 Å². The highest BCUT2D eigenvalue weighted by molar-refractivity contribution is 7.92. The predicted octanol–water partition coefficient (Wildman–Crippen LogP) is 2.64. The molecule has 2 heterocycles. The highest BCUT2D eigenvalue weighted by atomic mass is 32.2. The smallest absolute Gasteiger partial charge is 0.263 e. The van der Waals surface area contributed by atoms with Crippen LogP contribution in [0.15, 0.2) is 59.5 Å². The number of β-amino-alcohol motifs (C(OH)–C–C–N with tert-alkyl or cyclic N) is 1. The van der Waals surface area contributed by atoms with Crippen molar-refractivity contribution in [2.45, 2.75) is 24.3 Å². The van der Waals surface area contributed by atoms with Crippen LogP contribution >= 0.6 is 0 Å². The summed E-state index contributed by atoms with van der Waals surface area (Å²) in [5.74, 6) is 0.794. The predicted molar refractivity (Wildman–Crippen MR) is 109 cm³/mol. The van der Waals surface area contributed by atoms with Gasteiger partial charge >= 0.3 is 0 Å². The number of para-hydroxylation sites is 2. The van der Waals surface area contributed by atoms with Crippen LogP contribution in [0.2, 0.25) is 0 Å². The Morgan fingerprint density at radius 2 is 1.68 bits per heavy atom. The maximum atomic E-state index is 12.8. The molecule has 0 saturated carbocycles. The summed E-state index contributed by atoms with van der Waals surface area (Å²) in [6, 6.07) is 15.5. The van der Waals surface area contributed by atoms with E-state index in [1.165, 1.54) is 12.1 Å². The van der Waals surface area contributed by atoms with Gasteiger partial charge in [0.05, 0.1) is 22.0 Å². The van der Waals surface area contributed by atoms with Gasteiger partial charge in [-0.2, -0.15) is 0 Å². The normalized spacial score (nSPS) is 20.3. The van der Waals surface area contributed by atoms with E-state index in [0.29, 0.717) is 29.9 Å². The lowest BCUT2D eigenvalue weighted by Crippen LogP contribution is -2.43. The molecule has 2 N–H and O–H groups in total. The van der Waals surface area contributed by atoms with Crippen molar-refractivity contribution >= 4 is 32.7 Å². The number of rotatable bonds is 4. The summed E-state index contributed by atoms with van der Waals surface area (Å²) in [5.41, 5.74) is 1.27. The van der Waals surface area contributed by atoms with Crippen LogP contribution in [0, 0.1) is 5.92 Å². The minimum atomic E-state index is -3.81. The van der Waals surface area contributed by atoms with Gasteiger partial charge in [0.2, 0.25) is 0 Å². The number of nitrogens with zero attached hydrogens (tertiary/aromatic N) is 3. The summed E-state index contributed by atoms with van der Waals surface area (Å²) < 4.78 is 28.3. The van der Waals surface area contributed by atoms with Crippen LogP contribution in [0.3, 0.4) is 0 Å². The third kappa shape index (κ3) is 3.65. The quantitative estimate of drug-likeness (QED) is 0.701. The molecular weight excluding hydrogens is 376 g/mol. The van der Waals surface area contributed by atoms with Crippen LogP contribution in [-0.4, -0.2) is 42.7 Å². The standard InChI is InChI=1S/C20H22N4O3S/c1-14-11-12-24(13-18(14)25)20-19(21-16-9-5-6-10-17(16)22-20)23-28(26,27)15-7-3-2-4-8-15/h2-10,14,18,25H,11-13H2,1H3,(H,21,23). The molecule has 1 aliphatic rings. The molecule has 28 heavy (non-hydrogen) atoms. The van der Waals surface area contributed by atoms with Gasteiger partial charge in [0.15, 0.2) is 11.6 Å². The zero-order valence-corrected chi connectivity index (χ0v) is 16.3. The molecule has 0 amide bonds. The molecule has 2 unspecified atom stereocenters. The van der Waals surface area contributed by atoms with E-state index in [0.717, 1.165) is 6.42 Å². The zero-order chi connectivity index (χ0) is 19.7. The third-order valence-corrected chi connectivity index (χ3v) is 6.41. The summed E-state index contributed by atoms with van der Waals surface area (Å²) >= 11 is 0. The molecule has 1 saturated heterocycles. The Morgan fingerprint density at radius 1 is 1.04 bits per heavy atom. The molecule has 146 valence electrons. The van der Waals surface area contributed by atoms with Crippen LogP contribution < -0.4 is 9.62 Å². The van der Waals surface area contributed by atoms with E-state index in [1.54, 1.807) is 24.3 Å². The topological polar surface area (TPSA) is 95.4 Å². The number of aliphatic hydroxyl groups excluding tert-OH is 1. The highest BCUT2D eigenvalue weighted by Gasteiger charge is 2.28. The van der Waals surface area contributed by atoms with Crippen molar-refractivity contribution in [2.75, 3.05) is 22.7 Å². The fraction of sp³-hybridized carbons (Fsp3) is 0.300. The second-order valence-corrected chi connectivity index (χ2v) is 8.76. The highest BCUT2D eigenvalue weighted by Crippen LogP contribution is 2.30. The van der Waals surface area contributed by atoms with Gasteiger partial charge in [0, 0.05) is 13.1 Å². The Morgan fingerprint density at radius 3 is 2.36 bits per heavy atom. The fourth-order valence-corrected chi connectivity index (χ4v) is 4.33. The summed E-state index contributed by atoms with van der Waals surface area (Å²) in [6.45, 7) is 3.06. The SMILES string of the molecule is CC1CCN(c2nc3ccccc3nc2NS(=O)(=O)c2ccccc2)CC1O. The number of hydrogen-bond donors (Lipinski definition) is 2. The van der Waals surface area contributed by atoms with Crippen molar-refractivity contribution in [3.8, 4) is 0 Å². The minimum Gasteiger partial charge on any atom is -0.391 e. The average Bonchev–Trinajstić information content (AvgIpc) is 2.70. The number of aliphatic hydroxyl groups is 1. The molecule has 3 aromatic rings.